The Balaban J connectivity index is 1.85. The van der Waals surface area contributed by atoms with Crippen LogP contribution in [0.25, 0.3) is 0 Å². The van der Waals surface area contributed by atoms with Crippen LogP contribution in [0.4, 0.5) is 13.2 Å². The van der Waals surface area contributed by atoms with E-state index in [1.807, 2.05) is 13.8 Å². The summed E-state index contributed by atoms with van der Waals surface area (Å²) < 4.78 is 44.4. The van der Waals surface area contributed by atoms with Crippen LogP contribution in [0.2, 0.25) is 0 Å². The Hall–Kier alpha value is -1.37. The van der Waals surface area contributed by atoms with Gasteiger partial charge in [0.2, 0.25) is 5.91 Å². The first-order valence-electron chi connectivity index (χ1n) is 8.44. The van der Waals surface area contributed by atoms with Gasteiger partial charge >= 0.3 is 6.18 Å². The lowest BCUT2D eigenvalue weighted by Crippen LogP contribution is -2.48. The molecule has 2 atom stereocenters. The third-order valence-corrected chi connectivity index (χ3v) is 5.91. The highest BCUT2D eigenvalue weighted by atomic mass is 32.1. The maximum Gasteiger partial charge on any atom is 0.416 e. The minimum absolute atomic E-state index is 0.0397. The number of amides is 1. The average molecular weight is 373 g/mol. The predicted octanol–water partition coefficient (Wildman–Crippen LogP) is 4.51. The Bertz CT molecular complexity index is 677. The van der Waals surface area contributed by atoms with E-state index in [-0.39, 0.29) is 30.4 Å². The lowest BCUT2D eigenvalue weighted by molar-refractivity contribution is -0.149. The molecule has 3 rings (SSSR count). The van der Waals surface area contributed by atoms with Gasteiger partial charge in [-0.05, 0) is 43.4 Å². The zero-order chi connectivity index (χ0) is 18.4. The third kappa shape index (κ3) is 3.35. The average Bonchev–Trinajstić information content (AvgIpc) is 2.95. The molecule has 1 aliphatic heterocycles. The van der Waals surface area contributed by atoms with Gasteiger partial charge in [-0.2, -0.15) is 25.8 Å². The van der Waals surface area contributed by atoms with Gasteiger partial charge in [-0.25, -0.2) is 0 Å². The van der Waals surface area contributed by atoms with Crippen molar-refractivity contribution in [1.29, 1.82) is 0 Å². The Labute approximate surface area is 150 Å². The highest BCUT2D eigenvalue weighted by molar-refractivity contribution is 7.81. The van der Waals surface area contributed by atoms with E-state index < -0.39 is 17.2 Å². The van der Waals surface area contributed by atoms with Crippen LogP contribution in [0.15, 0.2) is 18.2 Å². The van der Waals surface area contributed by atoms with Gasteiger partial charge in [-0.3, -0.25) is 4.79 Å². The second-order valence-electron chi connectivity index (χ2n) is 7.30. The molecule has 7 heteroatoms. The SMILES string of the molecule is CC(C)[C@]1(C(=O)N2COc3ccc(C(F)(F)F)cc3C2)CC[C@@H](S)C1. The van der Waals surface area contributed by atoms with Crippen LogP contribution < -0.4 is 4.74 Å². The monoisotopic (exact) mass is 373 g/mol. The number of thiol groups is 1. The number of hydrogen-bond acceptors (Lipinski definition) is 3. The second kappa shape index (κ2) is 6.41. The van der Waals surface area contributed by atoms with Crippen molar-refractivity contribution in [1.82, 2.24) is 4.90 Å². The van der Waals surface area contributed by atoms with Crippen molar-refractivity contribution < 1.29 is 22.7 Å². The minimum atomic E-state index is -4.41. The standard InChI is InChI=1S/C18H22F3NO2S/c1-11(2)17(6-5-14(25)8-17)16(23)22-9-12-7-13(18(19,20)21)3-4-15(12)24-10-22/h3-4,7,11,14,25H,5-6,8-10H2,1-2H3/t14-,17+/m1/s1. The van der Waals surface area contributed by atoms with E-state index in [0.29, 0.717) is 17.7 Å². The Morgan fingerprint density at radius 1 is 1.40 bits per heavy atom. The summed E-state index contributed by atoms with van der Waals surface area (Å²) >= 11 is 4.52. The first kappa shape index (κ1) is 18.4. The van der Waals surface area contributed by atoms with Crippen molar-refractivity contribution in [3.8, 4) is 5.75 Å². The van der Waals surface area contributed by atoms with E-state index >= 15 is 0 Å². The topological polar surface area (TPSA) is 29.5 Å². The number of rotatable bonds is 2. The van der Waals surface area contributed by atoms with Crippen LogP contribution in [0.5, 0.6) is 5.75 Å². The van der Waals surface area contributed by atoms with Crippen LogP contribution in [-0.2, 0) is 17.5 Å². The largest absolute Gasteiger partial charge is 0.473 e. The van der Waals surface area contributed by atoms with Gasteiger partial charge in [0.15, 0.2) is 6.73 Å². The Morgan fingerprint density at radius 3 is 2.68 bits per heavy atom. The molecule has 1 aromatic carbocycles. The number of carbonyl (C=O) groups is 1. The van der Waals surface area contributed by atoms with Crippen molar-refractivity contribution in [2.75, 3.05) is 6.73 Å². The molecule has 25 heavy (non-hydrogen) atoms. The second-order valence-corrected chi connectivity index (χ2v) is 8.03. The van der Waals surface area contributed by atoms with Gasteiger partial charge in [-0.15, -0.1) is 0 Å². The normalized spacial score (nSPS) is 26.5. The van der Waals surface area contributed by atoms with Gasteiger partial charge in [-0.1, -0.05) is 13.8 Å². The molecule has 0 N–H and O–H groups in total. The smallest absolute Gasteiger partial charge is 0.416 e. The lowest BCUT2D eigenvalue weighted by Gasteiger charge is -2.39. The van der Waals surface area contributed by atoms with E-state index in [1.54, 1.807) is 0 Å². The van der Waals surface area contributed by atoms with Crippen molar-refractivity contribution in [3.05, 3.63) is 29.3 Å². The first-order chi connectivity index (χ1) is 11.6. The number of nitrogens with zero attached hydrogens (tertiary/aromatic N) is 1. The molecule has 0 bridgehead atoms. The summed E-state index contributed by atoms with van der Waals surface area (Å²) in [5.74, 6) is 0.510. The molecule has 0 aromatic heterocycles. The number of benzene rings is 1. The molecule has 0 radical (unpaired) electrons. The van der Waals surface area contributed by atoms with Crippen LogP contribution in [0.1, 0.15) is 44.2 Å². The number of alkyl halides is 3. The summed E-state index contributed by atoms with van der Waals surface area (Å²) in [6, 6.07) is 3.42. The molecular formula is C18H22F3NO2S. The van der Waals surface area contributed by atoms with Gasteiger partial charge in [0.25, 0.3) is 0 Å². The van der Waals surface area contributed by atoms with E-state index in [1.165, 1.54) is 11.0 Å². The van der Waals surface area contributed by atoms with Gasteiger partial charge in [0.05, 0.1) is 17.5 Å². The number of hydrogen-bond donors (Lipinski definition) is 1. The van der Waals surface area contributed by atoms with E-state index in [4.69, 9.17) is 4.74 Å². The number of fused-ring (bicyclic) bond motifs is 1. The van der Waals surface area contributed by atoms with Crippen LogP contribution in [0.3, 0.4) is 0 Å². The van der Waals surface area contributed by atoms with Crippen LogP contribution in [0, 0.1) is 11.3 Å². The number of ether oxygens (including phenoxy) is 1. The molecule has 1 heterocycles. The highest BCUT2D eigenvalue weighted by Crippen LogP contribution is 2.48. The molecule has 1 amide bonds. The Kier molecular flexibility index (Phi) is 4.73. The molecule has 1 aliphatic carbocycles. The highest BCUT2D eigenvalue weighted by Gasteiger charge is 2.49. The molecule has 1 aromatic rings. The fourth-order valence-electron chi connectivity index (χ4n) is 3.88. The zero-order valence-electron chi connectivity index (χ0n) is 14.3. The van der Waals surface area contributed by atoms with Crippen molar-refractivity contribution in [3.63, 3.8) is 0 Å². The van der Waals surface area contributed by atoms with Crippen molar-refractivity contribution in [2.45, 2.75) is 51.1 Å². The third-order valence-electron chi connectivity index (χ3n) is 5.47. The molecular weight excluding hydrogens is 351 g/mol. The van der Waals surface area contributed by atoms with Crippen LogP contribution >= 0.6 is 12.6 Å². The first-order valence-corrected chi connectivity index (χ1v) is 8.95. The van der Waals surface area contributed by atoms with Gasteiger partial charge in [0, 0.05) is 10.8 Å². The summed E-state index contributed by atoms with van der Waals surface area (Å²) in [5.41, 5.74) is -0.831. The molecule has 0 unspecified atom stereocenters. The van der Waals surface area contributed by atoms with E-state index in [0.717, 1.165) is 25.0 Å². The fraction of sp³-hybridized carbons (Fsp3) is 0.611. The summed E-state index contributed by atoms with van der Waals surface area (Å²) in [6.45, 7) is 4.25. The minimum Gasteiger partial charge on any atom is -0.473 e. The lowest BCUT2D eigenvalue weighted by atomic mass is 9.74. The molecule has 0 spiro atoms. The zero-order valence-corrected chi connectivity index (χ0v) is 15.2. The Morgan fingerprint density at radius 2 is 2.12 bits per heavy atom. The molecule has 3 nitrogen and oxygen atoms in total. The maximum atomic E-state index is 13.2. The van der Waals surface area contributed by atoms with E-state index in [9.17, 15) is 18.0 Å². The molecule has 0 saturated heterocycles. The number of carbonyl (C=O) groups excluding carboxylic acids is 1. The van der Waals surface area contributed by atoms with E-state index in [2.05, 4.69) is 12.6 Å². The summed E-state index contributed by atoms with van der Waals surface area (Å²) in [7, 11) is 0. The summed E-state index contributed by atoms with van der Waals surface area (Å²) in [5, 5.41) is 0.182. The fourth-order valence-corrected chi connectivity index (χ4v) is 4.33. The van der Waals surface area contributed by atoms with Crippen molar-refractivity contribution >= 4 is 18.5 Å². The van der Waals surface area contributed by atoms with Crippen molar-refractivity contribution in [2.24, 2.45) is 11.3 Å². The van der Waals surface area contributed by atoms with Gasteiger partial charge < -0.3 is 9.64 Å². The summed E-state index contributed by atoms with van der Waals surface area (Å²) in [6.07, 6.45) is -2.09. The van der Waals surface area contributed by atoms with Gasteiger partial charge in [0.1, 0.15) is 5.75 Å². The number of halogens is 3. The van der Waals surface area contributed by atoms with Crippen LogP contribution in [-0.4, -0.2) is 22.8 Å². The maximum absolute atomic E-state index is 13.2. The quantitative estimate of drug-likeness (QED) is 0.773. The molecule has 1 fully saturated rings. The molecule has 2 aliphatic rings. The summed E-state index contributed by atoms with van der Waals surface area (Å²) in [4.78, 5) is 14.7. The molecule has 138 valence electrons. The molecule has 1 saturated carbocycles. The predicted molar refractivity (Wildman–Crippen MR) is 91.4 cm³/mol.